The summed E-state index contributed by atoms with van der Waals surface area (Å²) < 4.78 is 26.5. The fourth-order valence-corrected chi connectivity index (χ4v) is 2.80. The van der Waals surface area contributed by atoms with Crippen LogP contribution in [0, 0.1) is 5.82 Å². The lowest BCUT2D eigenvalue weighted by molar-refractivity contribution is 0.280. The van der Waals surface area contributed by atoms with E-state index in [1.807, 2.05) is 0 Å². The Hall–Kier alpha value is -2.51. The molecule has 0 saturated carbocycles. The zero-order valence-corrected chi connectivity index (χ0v) is 15.3. The Labute approximate surface area is 159 Å². The van der Waals surface area contributed by atoms with E-state index in [0.29, 0.717) is 23.1 Å². The lowest BCUT2D eigenvalue weighted by Gasteiger charge is -2.15. The molecule has 0 fully saturated rings. The van der Waals surface area contributed by atoms with Crippen LogP contribution >= 0.6 is 23.2 Å². The largest absolute Gasteiger partial charge is 0.493 e. The smallest absolute Gasteiger partial charge is 0.180 e. The van der Waals surface area contributed by atoms with Crippen LogP contribution in [0.2, 0.25) is 10.0 Å². The number of aromatic nitrogens is 3. The minimum absolute atomic E-state index is 0.0696. The van der Waals surface area contributed by atoms with E-state index in [9.17, 15) is 4.39 Å². The van der Waals surface area contributed by atoms with Crippen molar-refractivity contribution in [2.45, 2.75) is 13.2 Å². The van der Waals surface area contributed by atoms with Crippen molar-refractivity contribution in [3.8, 4) is 11.5 Å². The molecular formula is C17H15Cl2FN4O2. The highest BCUT2D eigenvalue weighted by molar-refractivity contribution is 6.32. The number of hydrogen-bond donors (Lipinski definition) is 1. The summed E-state index contributed by atoms with van der Waals surface area (Å²) in [7, 11) is 1.51. The van der Waals surface area contributed by atoms with Gasteiger partial charge in [0.25, 0.3) is 0 Å². The molecule has 0 atom stereocenters. The van der Waals surface area contributed by atoms with Crippen LogP contribution < -0.4 is 14.9 Å². The molecule has 136 valence electrons. The Morgan fingerprint density at radius 2 is 1.92 bits per heavy atom. The molecule has 1 N–H and O–H groups in total. The third kappa shape index (κ3) is 4.17. The van der Waals surface area contributed by atoms with Crippen LogP contribution in [0.15, 0.2) is 43.0 Å². The Kier molecular flexibility index (Phi) is 5.80. The van der Waals surface area contributed by atoms with E-state index in [4.69, 9.17) is 32.7 Å². The Morgan fingerprint density at radius 1 is 1.15 bits per heavy atom. The van der Waals surface area contributed by atoms with Crippen molar-refractivity contribution in [3.63, 3.8) is 0 Å². The third-order valence-electron chi connectivity index (χ3n) is 3.60. The molecule has 0 saturated heterocycles. The van der Waals surface area contributed by atoms with E-state index in [-0.39, 0.29) is 17.2 Å². The van der Waals surface area contributed by atoms with Crippen LogP contribution in [0.1, 0.15) is 11.1 Å². The van der Waals surface area contributed by atoms with E-state index in [0.717, 1.165) is 5.56 Å². The average Bonchev–Trinajstić information content (AvgIpc) is 3.14. The lowest BCUT2D eigenvalue weighted by Crippen LogP contribution is -2.12. The van der Waals surface area contributed by atoms with Crippen LogP contribution in [0.3, 0.4) is 0 Å². The molecule has 3 rings (SSSR count). The number of hydrogen-bond acceptors (Lipinski definition) is 5. The monoisotopic (exact) mass is 396 g/mol. The highest BCUT2D eigenvalue weighted by atomic mass is 35.5. The summed E-state index contributed by atoms with van der Waals surface area (Å²) in [4.78, 5) is 0. The first-order chi connectivity index (χ1) is 12.6. The summed E-state index contributed by atoms with van der Waals surface area (Å²) in [6.45, 7) is 0.396. The molecule has 0 aliphatic rings. The Balaban J connectivity index is 1.76. The second kappa shape index (κ2) is 8.25. The van der Waals surface area contributed by atoms with E-state index >= 15 is 0 Å². The number of nitrogens with zero attached hydrogens (tertiary/aromatic N) is 3. The van der Waals surface area contributed by atoms with Crippen LogP contribution in [0.25, 0.3) is 0 Å². The van der Waals surface area contributed by atoms with Gasteiger partial charge in [-0.3, -0.25) is 0 Å². The first-order valence-electron chi connectivity index (χ1n) is 7.59. The van der Waals surface area contributed by atoms with Gasteiger partial charge in [-0.05, 0) is 29.8 Å². The molecule has 26 heavy (non-hydrogen) atoms. The maximum Gasteiger partial charge on any atom is 0.180 e. The summed E-state index contributed by atoms with van der Waals surface area (Å²) in [5, 5.41) is 8.04. The fraction of sp³-hybridized carbons (Fsp3) is 0.176. The topological polar surface area (TPSA) is 61.2 Å². The highest BCUT2D eigenvalue weighted by Crippen LogP contribution is 2.37. The van der Waals surface area contributed by atoms with Gasteiger partial charge in [-0.15, -0.1) is 10.2 Å². The zero-order chi connectivity index (χ0) is 18.5. The van der Waals surface area contributed by atoms with Gasteiger partial charge in [-0.25, -0.2) is 9.07 Å². The molecule has 9 heteroatoms. The molecule has 1 aromatic heterocycles. The van der Waals surface area contributed by atoms with Crippen molar-refractivity contribution in [3.05, 3.63) is 70.0 Å². The number of benzene rings is 2. The van der Waals surface area contributed by atoms with Crippen molar-refractivity contribution in [1.29, 1.82) is 0 Å². The first kappa shape index (κ1) is 18.3. The quantitative estimate of drug-likeness (QED) is 0.652. The SMILES string of the molecule is COc1cc(CNn2cnnc2)cc(Cl)c1OCc1c(F)cccc1Cl. The van der Waals surface area contributed by atoms with Crippen LogP contribution in [-0.2, 0) is 13.2 Å². The molecule has 0 aliphatic heterocycles. The standard InChI is InChI=1S/C17H15Cl2FN4O2/c1-25-16-6-11(7-23-24-9-21-22-10-24)5-14(19)17(16)26-8-12-13(18)3-2-4-15(12)20/h2-6,9-10,23H,7-8H2,1H3. The van der Waals surface area contributed by atoms with Crippen molar-refractivity contribution >= 4 is 23.2 Å². The van der Waals surface area contributed by atoms with E-state index in [2.05, 4.69) is 15.6 Å². The molecule has 2 aromatic carbocycles. The van der Waals surface area contributed by atoms with Crippen molar-refractivity contribution in [2.24, 2.45) is 0 Å². The first-order valence-corrected chi connectivity index (χ1v) is 8.34. The fourth-order valence-electron chi connectivity index (χ4n) is 2.29. The summed E-state index contributed by atoms with van der Waals surface area (Å²) in [5.74, 6) is 0.314. The van der Waals surface area contributed by atoms with Crippen molar-refractivity contribution in [2.75, 3.05) is 12.5 Å². The van der Waals surface area contributed by atoms with Gasteiger partial charge in [0.15, 0.2) is 11.5 Å². The van der Waals surface area contributed by atoms with Crippen molar-refractivity contribution < 1.29 is 13.9 Å². The number of ether oxygens (including phenoxy) is 2. The molecular weight excluding hydrogens is 382 g/mol. The van der Waals surface area contributed by atoms with Gasteiger partial charge in [0, 0.05) is 5.56 Å². The van der Waals surface area contributed by atoms with E-state index in [1.165, 1.54) is 31.9 Å². The molecule has 0 bridgehead atoms. The van der Waals surface area contributed by atoms with Crippen molar-refractivity contribution in [1.82, 2.24) is 14.9 Å². The third-order valence-corrected chi connectivity index (χ3v) is 4.23. The summed E-state index contributed by atoms with van der Waals surface area (Å²) in [5.41, 5.74) is 4.19. The summed E-state index contributed by atoms with van der Waals surface area (Å²) >= 11 is 12.3. The molecule has 0 unspecified atom stereocenters. The van der Waals surface area contributed by atoms with E-state index in [1.54, 1.807) is 22.9 Å². The highest BCUT2D eigenvalue weighted by Gasteiger charge is 2.15. The molecule has 0 amide bonds. The maximum absolute atomic E-state index is 13.9. The molecule has 0 aliphatic carbocycles. The molecule has 3 aromatic rings. The van der Waals surface area contributed by atoms with Gasteiger partial charge in [-0.2, -0.15) is 0 Å². The Morgan fingerprint density at radius 3 is 2.62 bits per heavy atom. The maximum atomic E-state index is 13.9. The number of rotatable bonds is 7. The minimum atomic E-state index is -0.442. The molecule has 6 nitrogen and oxygen atoms in total. The van der Waals surface area contributed by atoms with Gasteiger partial charge in [0.2, 0.25) is 0 Å². The summed E-state index contributed by atoms with van der Waals surface area (Å²) in [6.07, 6.45) is 3.07. The summed E-state index contributed by atoms with van der Waals surface area (Å²) in [6, 6.07) is 7.97. The van der Waals surface area contributed by atoms with Crippen LogP contribution in [0.5, 0.6) is 11.5 Å². The minimum Gasteiger partial charge on any atom is -0.493 e. The number of halogens is 3. The average molecular weight is 397 g/mol. The molecule has 0 radical (unpaired) electrons. The van der Waals surface area contributed by atoms with Crippen LogP contribution in [-0.4, -0.2) is 22.0 Å². The lowest BCUT2D eigenvalue weighted by atomic mass is 10.2. The number of nitrogens with one attached hydrogen (secondary N) is 1. The number of methoxy groups -OCH3 is 1. The molecule has 1 heterocycles. The van der Waals surface area contributed by atoms with E-state index < -0.39 is 5.82 Å². The van der Waals surface area contributed by atoms with Crippen LogP contribution in [0.4, 0.5) is 4.39 Å². The second-order valence-corrected chi connectivity index (χ2v) is 6.12. The van der Waals surface area contributed by atoms with Gasteiger partial charge >= 0.3 is 0 Å². The van der Waals surface area contributed by atoms with Gasteiger partial charge < -0.3 is 14.9 Å². The van der Waals surface area contributed by atoms with Gasteiger partial charge in [-0.1, -0.05) is 29.3 Å². The predicted molar refractivity (Wildman–Crippen MR) is 96.8 cm³/mol. The van der Waals surface area contributed by atoms with Gasteiger partial charge in [0.05, 0.1) is 23.7 Å². The predicted octanol–water partition coefficient (Wildman–Crippen LogP) is 4.06. The Bertz CT molecular complexity index is 870. The zero-order valence-electron chi connectivity index (χ0n) is 13.7. The van der Waals surface area contributed by atoms with Gasteiger partial charge in [0.1, 0.15) is 25.1 Å². The molecule has 0 spiro atoms. The second-order valence-electron chi connectivity index (χ2n) is 5.30. The normalized spacial score (nSPS) is 10.6.